The van der Waals surface area contributed by atoms with E-state index in [0.717, 1.165) is 11.3 Å². The fraction of sp³-hybridized carbons (Fsp3) is 0.571. The maximum Gasteiger partial charge on any atom is 0.225 e. The lowest BCUT2D eigenvalue weighted by Gasteiger charge is -2.24. The van der Waals surface area contributed by atoms with Gasteiger partial charge < -0.3 is 11.1 Å². The summed E-state index contributed by atoms with van der Waals surface area (Å²) in [5, 5.41) is 2.96. The zero-order chi connectivity index (χ0) is 13.8. The quantitative estimate of drug-likeness (QED) is 0.848. The summed E-state index contributed by atoms with van der Waals surface area (Å²) in [6.45, 7) is 8.20. The zero-order valence-electron chi connectivity index (χ0n) is 11.7. The Morgan fingerprint density at radius 3 is 2.56 bits per heavy atom. The number of nitrogens with two attached hydrogens (primary N) is 1. The molecular weight excluding hydrogens is 226 g/mol. The van der Waals surface area contributed by atoms with Crippen molar-refractivity contribution in [3.8, 4) is 0 Å². The third kappa shape index (κ3) is 4.84. The minimum absolute atomic E-state index is 0.00706. The number of carbonyl (C=O) groups excluding carboxylic acids is 1. The number of pyridine rings is 1. The van der Waals surface area contributed by atoms with Crippen LogP contribution in [0.3, 0.4) is 0 Å². The molecule has 4 nitrogen and oxygen atoms in total. The molecule has 4 heteroatoms. The van der Waals surface area contributed by atoms with Gasteiger partial charge in [-0.3, -0.25) is 9.78 Å². The van der Waals surface area contributed by atoms with Crippen molar-refractivity contribution in [2.75, 3.05) is 6.54 Å². The van der Waals surface area contributed by atoms with E-state index < -0.39 is 0 Å². The number of nitrogens with zero attached hydrogens (tertiary/aromatic N) is 1. The smallest absolute Gasteiger partial charge is 0.225 e. The van der Waals surface area contributed by atoms with Crippen molar-refractivity contribution in [3.05, 3.63) is 29.6 Å². The summed E-state index contributed by atoms with van der Waals surface area (Å²) >= 11 is 0. The van der Waals surface area contributed by atoms with Gasteiger partial charge >= 0.3 is 0 Å². The van der Waals surface area contributed by atoms with E-state index in [2.05, 4.69) is 10.3 Å². The predicted molar refractivity (Wildman–Crippen MR) is 73.1 cm³/mol. The number of hydrogen-bond acceptors (Lipinski definition) is 3. The third-order valence-corrected chi connectivity index (χ3v) is 2.58. The molecule has 0 bridgehead atoms. The molecule has 0 fully saturated rings. The summed E-state index contributed by atoms with van der Waals surface area (Å²) in [6, 6.07) is 3.94. The first-order valence-corrected chi connectivity index (χ1v) is 6.25. The van der Waals surface area contributed by atoms with E-state index in [1.165, 1.54) is 0 Å². The highest BCUT2D eigenvalue weighted by Gasteiger charge is 2.22. The van der Waals surface area contributed by atoms with Crippen LogP contribution in [-0.2, 0) is 11.2 Å². The number of rotatable bonds is 4. The van der Waals surface area contributed by atoms with Crippen LogP contribution in [0.4, 0.5) is 0 Å². The maximum absolute atomic E-state index is 12.0. The maximum atomic E-state index is 12.0. The van der Waals surface area contributed by atoms with E-state index in [-0.39, 0.29) is 17.4 Å². The van der Waals surface area contributed by atoms with Gasteiger partial charge in [0.1, 0.15) is 0 Å². The van der Waals surface area contributed by atoms with Gasteiger partial charge in [-0.05, 0) is 39.3 Å². The van der Waals surface area contributed by atoms with Crippen LogP contribution >= 0.6 is 0 Å². The van der Waals surface area contributed by atoms with Gasteiger partial charge in [-0.25, -0.2) is 0 Å². The second kappa shape index (κ2) is 5.96. The van der Waals surface area contributed by atoms with Crippen molar-refractivity contribution in [1.29, 1.82) is 0 Å². The van der Waals surface area contributed by atoms with Crippen molar-refractivity contribution in [3.63, 3.8) is 0 Å². The highest BCUT2D eigenvalue weighted by atomic mass is 16.2. The standard InChI is InChI=1S/C14H23N3O/c1-10-5-6-12(16-9-10)7-11(8-15)13(18)17-14(2,3)4/h5-6,9,11H,7-8,15H2,1-4H3,(H,17,18). The average molecular weight is 249 g/mol. The Labute approximate surface area is 109 Å². The van der Waals surface area contributed by atoms with Crippen molar-refractivity contribution in [2.45, 2.75) is 39.7 Å². The Bertz CT molecular complexity index is 392. The molecule has 0 saturated carbocycles. The van der Waals surface area contributed by atoms with Gasteiger partial charge in [0.2, 0.25) is 5.91 Å². The Hall–Kier alpha value is -1.42. The van der Waals surface area contributed by atoms with Crippen molar-refractivity contribution < 1.29 is 4.79 Å². The van der Waals surface area contributed by atoms with Gasteiger partial charge in [0.05, 0.1) is 5.92 Å². The minimum Gasteiger partial charge on any atom is -0.351 e. The molecule has 1 heterocycles. The van der Waals surface area contributed by atoms with Crippen molar-refractivity contribution in [1.82, 2.24) is 10.3 Å². The van der Waals surface area contributed by atoms with E-state index in [1.807, 2.05) is 46.0 Å². The van der Waals surface area contributed by atoms with E-state index in [1.54, 1.807) is 0 Å². The lowest BCUT2D eigenvalue weighted by Crippen LogP contribution is -2.46. The van der Waals surface area contributed by atoms with E-state index in [4.69, 9.17) is 5.73 Å². The highest BCUT2D eigenvalue weighted by Crippen LogP contribution is 2.09. The van der Waals surface area contributed by atoms with Crippen LogP contribution in [0, 0.1) is 12.8 Å². The molecule has 1 aromatic heterocycles. The van der Waals surface area contributed by atoms with Crippen LogP contribution in [0.5, 0.6) is 0 Å². The summed E-state index contributed by atoms with van der Waals surface area (Å²) in [6.07, 6.45) is 2.39. The molecule has 100 valence electrons. The Balaban J connectivity index is 2.67. The SMILES string of the molecule is Cc1ccc(CC(CN)C(=O)NC(C)(C)C)nc1. The molecule has 18 heavy (non-hydrogen) atoms. The number of carbonyl (C=O) groups is 1. The summed E-state index contributed by atoms with van der Waals surface area (Å²) in [5.41, 5.74) is 7.47. The second-order valence-corrected chi connectivity index (χ2v) is 5.70. The molecule has 0 aliphatic carbocycles. The normalized spacial score (nSPS) is 13.2. The van der Waals surface area contributed by atoms with Gasteiger partial charge in [0.15, 0.2) is 0 Å². The third-order valence-electron chi connectivity index (χ3n) is 2.58. The first-order valence-electron chi connectivity index (χ1n) is 6.25. The number of aromatic nitrogens is 1. The number of nitrogens with one attached hydrogen (secondary N) is 1. The average Bonchev–Trinajstić information content (AvgIpc) is 2.25. The Kier molecular flexibility index (Phi) is 4.84. The van der Waals surface area contributed by atoms with Gasteiger partial charge in [0, 0.05) is 30.4 Å². The van der Waals surface area contributed by atoms with Crippen LogP contribution in [0.15, 0.2) is 18.3 Å². The van der Waals surface area contributed by atoms with Crippen LogP contribution < -0.4 is 11.1 Å². The fourth-order valence-electron chi connectivity index (χ4n) is 1.63. The summed E-state index contributed by atoms with van der Waals surface area (Å²) in [5.74, 6) is -0.230. The fourth-order valence-corrected chi connectivity index (χ4v) is 1.63. The lowest BCUT2D eigenvalue weighted by molar-refractivity contribution is -0.126. The monoisotopic (exact) mass is 249 g/mol. The second-order valence-electron chi connectivity index (χ2n) is 5.70. The van der Waals surface area contributed by atoms with Gasteiger partial charge in [0.25, 0.3) is 0 Å². The van der Waals surface area contributed by atoms with Gasteiger partial charge in [-0.2, -0.15) is 0 Å². The van der Waals surface area contributed by atoms with Crippen LogP contribution in [0.1, 0.15) is 32.0 Å². The minimum atomic E-state index is -0.231. The van der Waals surface area contributed by atoms with E-state index in [9.17, 15) is 4.79 Å². The summed E-state index contributed by atoms with van der Waals surface area (Å²) < 4.78 is 0. The Morgan fingerprint density at radius 2 is 2.11 bits per heavy atom. The first-order chi connectivity index (χ1) is 8.31. The first kappa shape index (κ1) is 14.6. The highest BCUT2D eigenvalue weighted by molar-refractivity contribution is 5.79. The molecule has 0 spiro atoms. The molecule has 0 aromatic carbocycles. The number of amides is 1. The van der Waals surface area contributed by atoms with Crippen LogP contribution in [0.25, 0.3) is 0 Å². The van der Waals surface area contributed by atoms with E-state index in [0.29, 0.717) is 13.0 Å². The predicted octanol–water partition coefficient (Wildman–Crippen LogP) is 1.42. The van der Waals surface area contributed by atoms with Crippen molar-refractivity contribution in [2.24, 2.45) is 11.7 Å². The molecule has 1 unspecified atom stereocenters. The number of hydrogen-bond donors (Lipinski definition) is 2. The molecule has 1 amide bonds. The molecule has 1 rings (SSSR count). The molecule has 0 aliphatic rings. The van der Waals surface area contributed by atoms with Crippen molar-refractivity contribution >= 4 is 5.91 Å². The molecule has 3 N–H and O–H groups in total. The lowest BCUT2D eigenvalue weighted by atomic mass is 9.99. The van der Waals surface area contributed by atoms with Gasteiger partial charge in [-0.15, -0.1) is 0 Å². The van der Waals surface area contributed by atoms with Crippen LogP contribution in [-0.4, -0.2) is 23.0 Å². The topological polar surface area (TPSA) is 68.0 Å². The molecule has 1 atom stereocenters. The summed E-state index contributed by atoms with van der Waals surface area (Å²) in [4.78, 5) is 16.4. The molecule has 0 saturated heterocycles. The van der Waals surface area contributed by atoms with Crippen LogP contribution in [0.2, 0.25) is 0 Å². The Morgan fingerprint density at radius 1 is 1.44 bits per heavy atom. The zero-order valence-corrected chi connectivity index (χ0v) is 11.7. The van der Waals surface area contributed by atoms with Gasteiger partial charge in [-0.1, -0.05) is 6.07 Å². The molecule has 1 aromatic rings. The number of aryl methyl sites for hydroxylation is 1. The van der Waals surface area contributed by atoms with E-state index >= 15 is 0 Å². The summed E-state index contributed by atoms with van der Waals surface area (Å²) in [7, 11) is 0. The molecule has 0 aliphatic heterocycles. The molecular formula is C14H23N3O. The molecule has 0 radical (unpaired) electrons. The largest absolute Gasteiger partial charge is 0.351 e.